The van der Waals surface area contributed by atoms with Gasteiger partial charge in [-0.25, -0.2) is 0 Å². The second-order valence-corrected chi connectivity index (χ2v) is 3.87. The molecule has 0 bridgehead atoms. The molecule has 2 rings (SSSR count). The normalized spacial score (nSPS) is 10.8. The smallest absolute Gasteiger partial charge is 0.285 e. The predicted octanol–water partition coefficient (Wildman–Crippen LogP) is 2.87. The topological polar surface area (TPSA) is 56.2 Å². The number of hydrogen-bond donors (Lipinski definition) is 1. The lowest BCUT2D eigenvalue weighted by atomic mass is 10.1. The molecule has 0 saturated heterocycles. The van der Waals surface area contributed by atoms with Crippen molar-refractivity contribution in [1.82, 2.24) is 0 Å². The van der Waals surface area contributed by atoms with Gasteiger partial charge >= 0.3 is 0 Å². The number of rotatable bonds is 4. The third-order valence-corrected chi connectivity index (χ3v) is 2.68. The van der Waals surface area contributed by atoms with Crippen LogP contribution in [0.5, 0.6) is 0 Å². The van der Waals surface area contributed by atoms with Gasteiger partial charge < -0.3 is 10.2 Å². The highest BCUT2D eigenvalue weighted by molar-refractivity contribution is 6.04. The van der Waals surface area contributed by atoms with Crippen LogP contribution >= 0.6 is 0 Å². The van der Waals surface area contributed by atoms with E-state index in [0.29, 0.717) is 0 Å². The Kier molecular flexibility index (Phi) is 2.95. The zero-order valence-electron chi connectivity index (χ0n) is 9.32. The Bertz CT molecular complexity index is 514. The molecule has 1 amide bonds. The van der Waals surface area contributed by atoms with Crippen molar-refractivity contribution in [3.63, 3.8) is 0 Å². The Morgan fingerprint density at radius 1 is 1.31 bits per heavy atom. The maximum Gasteiger partial charge on any atom is 0.285 e. The van der Waals surface area contributed by atoms with Crippen LogP contribution in [0.3, 0.4) is 0 Å². The van der Waals surface area contributed by atoms with Crippen molar-refractivity contribution in [2.75, 3.05) is 0 Å². The van der Waals surface area contributed by atoms with Gasteiger partial charge in [-0.3, -0.25) is 4.79 Å². The van der Waals surface area contributed by atoms with Crippen LogP contribution in [0.1, 0.15) is 36.1 Å². The third kappa shape index (κ3) is 1.81. The lowest BCUT2D eigenvalue weighted by molar-refractivity contribution is 0.0974. The molecule has 0 saturated carbocycles. The van der Waals surface area contributed by atoms with Gasteiger partial charge in [0.15, 0.2) is 5.76 Å². The maximum absolute atomic E-state index is 11.2. The first-order valence-electron chi connectivity index (χ1n) is 5.54. The fourth-order valence-corrected chi connectivity index (χ4v) is 1.86. The van der Waals surface area contributed by atoms with Gasteiger partial charge in [0.2, 0.25) is 0 Å². The number of amides is 1. The second kappa shape index (κ2) is 4.39. The minimum Gasteiger partial charge on any atom is -0.455 e. The van der Waals surface area contributed by atoms with E-state index in [2.05, 4.69) is 6.92 Å². The predicted molar refractivity (Wildman–Crippen MR) is 63.3 cm³/mol. The zero-order chi connectivity index (χ0) is 11.5. The average molecular weight is 217 g/mol. The van der Waals surface area contributed by atoms with Crippen molar-refractivity contribution in [2.45, 2.75) is 26.2 Å². The number of aryl methyl sites for hydroxylation is 1. The van der Waals surface area contributed by atoms with Crippen LogP contribution in [0.25, 0.3) is 10.8 Å². The number of carbonyl (C=O) groups is 1. The molecule has 3 nitrogen and oxygen atoms in total. The summed E-state index contributed by atoms with van der Waals surface area (Å²) in [5.74, 6) is 0.645. The molecule has 2 aromatic rings. The van der Waals surface area contributed by atoms with Gasteiger partial charge in [0, 0.05) is 17.2 Å². The van der Waals surface area contributed by atoms with Gasteiger partial charge in [-0.15, -0.1) is 0 Å². The quantitative estimate of drug-likeness (QED) is 0.856. The summed E-state index contributed by atoms with van der Waals surface area (Å²) in [6.07, 6.45) is 3.00. The van der Waals surface area contributed by atoms with Crippen molar-refractivity contribution < 1.29 is 9.21 Å². The van der Waals surface area contributed by atoms with Crippen LogP contribution in [-0.2, 0) is 6.42 Å². The minimum atomic E-state index is -0.501. The second-order valence-electron chi connectivity index (χ2n) is 3.87. The molecule has 0 radical (unpaired) electrons. The summed E-state index contributed by atoms with van der Waals surface area (Å²) in [5, 5.41) is 1.82. The van der Waals surface area contributed by atoms with Gasteiger partial charge in [0.05, 0.1) is 0 Å². The Morgan fingerprint density at radius 3 is 2.62 bits per heavy atom. The summed E-state index contributed by atoms with van der Waals surface area (Å²) in [7, 11) is 0. The fraction of sp³-hybridized carbons (Fsp3) is 0.308. The van der Waals surface area contributed by atoms with E-state index in [1.165, 1.54) is 0 Å². The first-order valence-corrected chi connectivity index (χ1v) is 5.54. The number of hydrogen-bond acceptors (Lipinski definition) is 2. The number of furan rings is 1. The largest absolute Gasteiger partial charge is 0.455 e. The molecular weight excluding hydrogens is 202 g/mol. The van der Waals surface area contributed by atoms with Crippen LogP contribution in [0.2, 0.25) is 0 Å². The first-order chi connectivity index (χ1) is 7.74. The number of primary amides is 1. The van der Waals surface area contributed by atoms with Gasteiger partial charge in [0.25, 0.3) is 5.91 Å². The molecule has 1 heterocycles. The molecule has 1 aromatic heterocycles. The van der Waals surface area contributed by atoms with E-state index >= 15 is 0 Å². The Hall–Kier alpha value is -1.77. The molecule has 0 aliphatic carbocycles. The summed E-state index contributed by atoms with van der Waals surface area (Å²) < 4.78 is 5.55. The minimum absolute atomic E-state index is 0.279. The van der Waals surface area contributed by atoms with E-state index in [-0.39, 0.29) is 5.76 Å². The van der Waals surface area contributed by atoms with Crippen LogP contribution < -0.4 is 5.73 Å². The highest BCUT2D eigenvalue weighted by Crippen LogP contribution is 2.26. The van der Waals surface area contributed by atoms with E-state index in [4.69, 9.17) is 10.2 Å². The van der Waals surface area contributed by atoms with Crippen LogP contribution in [0.15, 0.2) is 28.7 Å². The molecular formula is C13H15NO2. The zero-order valence-corrected chi connectivity index (χ0v) is 9.32. The van der Waals surface area contributed by atoms with E-state index in [1.54, 1.807) is 0 Å². The third-order valence-electron chi connectivity index (χ3n) is 2.68. The highest BCUT2D eigenvalue weighted by atomic mass is 16.4. The monoisotopic (exact) mass is 217 g/mol. The molecule has 1 aromatic carbocycles. The molecule has 0 atom stereocenters. The molecule has 2 N–H and O–H groups in total. The fourth-order valence-electron chi connectivity index (χ4n) is 1.86. The molecule has 0 fully saturated rings. The average Bonchev–Trinajstić information content (AvgIpc) is 2.65. The van der Waals surface area contributed by atoms with E-state index < -0.39 is 5.91 Å². The molecule has 0 spiro atoms. The van der Waals surface area contributed by atoms with Gasteiger partial charge in [-0.1, -0.05) is 37.6 Å². The molecule has 0 unspecified atom stereocenters. The van der Waals surface area contributed by atoms with Gasteiger partial charge in [0.1, 0.15) is 5.76 Å². The van der Waals surface area contributed by atoms with Crippen molar-refractivity contribution in [1.29, 1.82) is 0 Å². The summed E-state index contributed by atoms with van der Waals surface area (Å²) in [4.78, 5) is 11.2. The Labute approximate surface area is 94.2 Å². The number of benzene rings is 1. The number of unbranched alkanes of at least 4 members (excludes halogenated alkanes) is 1. The standard InChI is InChI=1S/C13H15NO2/c1-2-3-8-11-9-6-4-5-7-10(9)12(16-11)13(14)15/h4-7H,2-3,8H2,1H3,(H2,14,15). The van der Waals surface area contributed by atoms with Crippen LogP contribution in [0.4, 0.5) is 0 Å². The number of nitrogens with two attached hydrogens (primary N) is 1. The molecule has 3 heteroatoms. The van der Waals surface area contributed by atoms with Gasteiger partial charge in [-0.2, -0.15) is 0 Å². The first kappa shape index (κ1) is 10.7. The maximum atomic E-state index is 11.2. The van der Waals surface area contributed by atoms with E-state index in [0.717, 1.165) is 35.8 Å². The van der Waals surface area contributed by atoms with Crippen molar-refractivity contribution in [2.24, 2.45) is 5.73 Å². The highest BCUT2D eigenvalue weighted by Gasteiger charge is 2.15. The summed E-state index contributed by atoms with van der Waals surface area (Å²) in [5.41, 5.74) is 5.29. The lowest BCUT2D eigenvalue weighted by Gasteiger charge is -1.94. The van der Waals surface area contributed by atoms with Crippen molar-refractivity contribution in [3.8, 4) is 0 Å². The van der Waals surface area contributed by atoms with Crippen LogP contribution in [0, 0.1) is 0 Å². The van der Waals surface area contributed by atoms with Gasteiger partial charge in [-0.05, 0) is 6.42 Å². The molecule has 84 valence electrons. The van der Waals surface area contributed by atoms with Crippen molar-refractivity contribution in [3.05, 3.63) is 35.8 Å². The summed E-state index contributed by atoms with van der Waals surface area (Å²) in [6.45, 7) is 2.13. The van der Waals surface area contributed by atoms with Crippen molar-refractivity contribution >= 4 is 16.7 Å². The molecule has 0 aliphatic heterocycles. The Morgan fingerprint density at radius 2 is 2.00 bits per heavy atom. The lowest BCUT2D eigenvalue weighted by Crippen LogP contribution is -2.09. The number of fused-ring (bicyclic) bond motifs is 1. The molecule has 0 aliphatic rings. The van der Waals surface area contributed by atoms with E-state index in [1.807, 2.05) is 24.3 Å². The molecule has 16 heavy (non-hydrogen) atoms. The summed E-state index contributed by atoms with van der Waals surface area (Å²) in [6, 6.07) is 7.66. The Balaban J connectivity index is 2.53. The van der Waals surface area contributed by atoms with E-state index in [9.17, 15) is 4.79 Å². The SMILES string of the molecule is CCCCc1oc(C(N)=O)c2ccccc12. The van der Waals surface area contributed by atoms with Crippen LogP contribution in [-0.4, -0.2) is 5.91 Å². The number of carbonyl (C=O) groups excluding carboxylic acids is 1. The summed E-state index contributed by atoms with van der Waals surface area (Å²) >= 11 is 0.